The molecule has 0 unspecified atom stereocenters. The van der Waals surface area contributed by atoms with Crippen LogP contribution in [0.3, 0.4) is 0 Å². The fourth-order valence-corrected chi connectivity index (χ4v) is 24.6. The van der Waals surface area contributed by atoms with Crippen LogP contribution in [-0.4, -0.2) is 52.8 Å². The topological polar surface area (TPSA) is 0 Å². The van der Waals surface area contributed by atoms with Gasteiger partial charge in [-0.3, -0.25) is 0 Å². The van der Waals surface area contributed by atoms with Crippen molar-refractivity contribution in [3.63, 3.8) is 0 Å². The van der Waals surface area contributed by atoms with Gasteiger partial charge >= 0.3 is 0 Å². The third-order valence-electron chi connectivity index (χ3n) is 8.18. The summed E-state index contributed by atoms with van der Waals surface area (Å²) < 4.78 is 0. The van der Waals surface area contributed by atoms with Crippen LogP contribution in [0.4, 0.5) is 0 Å². The van der Waals surface area contributed by atoms with E-state index in [2.05, 4.69) is 115 Å². The zero-order valence-corrected chi connectivity index (χ0v) is 31.9. The van der Waals surface area contributed by atoms with Gasteiger partial charge in [0.15, 0.2) is 0 Å². The Morgan fingerprint density at radius 1 is 0.333 bits per heavy atom. The van der Waals surface area contributed by atoms with Gasteiger partial charge in [0.1, 0.15) is 0 Å². The molecule has 6 heteroatoms. The highest BCUT2D eigenvalue weighted by molar-refractivity contribution is 6.95. The van der Waals surface area contributed by atoms with Crippen molar-refractivity contribution in [2.24, 2.45) is 0 Å². The molecule has 0 aromatic heterocycles. The van der Waals surface area contributed by atoms with Crippen LogP contribution in [0.1, 0.15) is 0 Å². The van der Waals surface area contributed by atoms with Crippen molar-refractivity contribution in [3.8, 4) is 0 Å². The van der Waals surface area contributed by atoms with Gasteiger partial charge < -0.3 is 0 Å². The van der Waals surface area contributed by atoms with Gasteiger partial charge in [0.05, 0.1) is 52.8 Å². The maximum atomic E-state index is 2.63. The van der Waals surface area contributed by atoms with Gasteiger partial charge in [-0.25, -0.2) is 0 Å². The molecule has 4 aromatic carbocycles. The lowest BCUT2D eigenvalue weighted by atomic mass is 9.94. The van der Waals surface area contributed by atoms with E-state index in [0.717, 1.165) is 0 Å². The minimum atomic E-state index is -1.08. The lowest BCUT2D eigenvalue weighted by Crippen LogP contribution is -2.63. The maximum absolute atomic E-state index is 2.63. The highest BCUT2D eigenvalue weighted by Gasteiger charge is 2.30. The summed E-state index contributed by atoms with van der Waals surface area (Å²) in [5.74, 6) is 0. The average Bonchev–Trinajstić information content (AvgIpc) is 2.80. The van der Waals surface area contributed by atoms with Gasteiger partial charge in [0.25, 0.3) is 0 Å². The van der Waals surface area contributed by atoms with Crippen molar-refractivity contribution in [1.82, 2.24) is 0 Å². The number of fused-ring (bicyclic) bond motifs is 6. The summed E-state index contributed by atoms with van der Waals surface area (Å²) in [6.45, 7) is 31.2. The van der Waals surface area contributed by atoms with Crippen LogP contribution in [0, 0.1) is 0 Å². The van der Waals surface area contributed by atoms with E-state index in [1.807, 2.05) is 25.9 Å². The molecule has 0 nitrogen and oxygen atoms in total. The summed E-state index contributed by atoms with van der Waals surface area (Å²) in [6.07, 6.45) is 0. The zero-order valence-electron chi connectivity index (χ0n) is 24.9. The first kappa shape index (κ1) is 28.0. The van der Waals surface area contributed by atoms with Crippen LogP contribution < -0.4 is 31.1 Å². The molecule has 0 radical (unpaired) electrons. The van der Waals surface area contributed by atoms with Crippen molar-refractivity contribution in [1.29, 1.82) is 0 Å². The summed E-state index contributed by atoms with van der Waals surface area (Å²) in [5, 5.41) is 21.0. The summed E-state index contributed by atoms with van der Waals surface area (Å²) in [6, 6.07) is 14.6. The maximum Gasteiger partial charge on any atom is 0.0654 e. The van der Waals surface area contributed by atoms with Crippen molar-refractivity contribution >= 4 is 116 Å². The van der Waals surface area contributed by atoms with Crippen LogP contribution in [0.2, 0.25) is 78.6 Å². The molecule has 0 aliphatic heterocycles. The van der Waals surface area contributed by atoms with Gasteiger partial charge in [0, 0.05) is 0 Å². The first-order valence-corrected chi connectivity index (χ1v) is 31.7. The molecule has 4 aromatic rings. The molecule has 0 aliphatic carbocycles. The van der Waals surface area contributed by atoms with E-state index in [9.17, 15) is 0 Å². The SMILES string of the molecule is C[SiH](C)c1ccc2c3ccccc3c3c([SiH](C)C)c([SiH](C)C)c([SiH](C)C)c([SiH](C)C)c3c2c1[SiH](C)C. The third-order valence-corrected chi connectivity index (χ3v) is 20.1. The molecule has 0 spiro atoms. The smallest absolute Gasteiger partial charge is 0.0654 e. The van der Waals surface area contributed by atoms with Crippen LogP contribution in [-0.2, 0) is 0 Å². The summed E-state index contributed by atoms with van der Waals surface area (Å²) in [5.41, 5.74) is 0. The molecule has 0 atom stereocenters. The van der Waals surface area contributed by atoms with Crippen LogP contribution in [0.15, 0.2) is 36.4 Å². The predicted octanol–water partition coefficient (Wildman–Crippen LogP) is 3.31. The third kappa shape index (κ3) is 4.45. The second-order valence-electron chi connectivity index (χ2n) is 12.9. The quantitative estimate of drug-likeness (QED) is 0.244. The average molecular weight is 577 g/mol. The lowest BCUT2D eigenvalue weighted by molar-refractivity contribution is 1.80. The Hall–Kier alpha value is -1.04. The number of hydrogen-bond acceptors (Lipinski definition) is 0. The van der Waals surface area contributed by atoms with Crippen molar-refractivity contribution in [3.05, 3.63) is 36.4 Å². The molecule has 0 amide bonds. The first-order valence-electron chi connectivity index (χ1n) is 14.4. The molecule has 0 heterocycles. The van der Waals surface area contributed by atoms with Gasteiger partial charge in [-0.15, -0.1) is 0 Å². The van der Waals surface area contributed by atoms with E-state index in [0.29, 0.717) is 0 Å². The van der Waals surface area contributed by atoms with E-state index in [1.165, 1.54) is 5.39 Å². The standard InChI is InChI=1S/C30H48Si6/c1-31(2)22-18-17-21-19-15-13-14-16-20(19)24-25(23(21)26(22)32(3)4)28(34(7)8)30(36(11)12)29(35(9)10)27(24)33(5)6/h13-18,31-36H,1-12H3. The Balaban J connectivity index is 2.58. The number of hydrogen-bond donors (Lipinski definition) is 0. The molecule has 0 bridgehead atoms. The molecular weight excluding hydrogens is 529 g/mol. The van der Waals surface area contributed by atoms with Crippen LogP contribution in [0.25, 0.3) is 32.3 Å². The summed E-state index contributed by atoms with van der Waals surface area (Å²) in [7, 11) is -6.11. The van der Waals surface area contributed by atoms with Crippen molar-refractivity contribution in [2.75, 3.05) is 0 Å². The molecule has 0 aliphatic rings. The first-order chi connectivity index (χ1) is 16.9. The molecule has 4 rings (SSSR count). The number of benzene rings is 4. The fraction of sp³-hybridized carbons (Fsp3) is 0.400. The molecule has 0 N–H and O–H groups in total. The Morgan fingerprint density at radius 3 is 1.17 bits per heavy atom. The van der Waals surface area contributed by atoms with E-state index < -0.39 is 52.8 Å². The summed E-state index contributed by atoms with van der Waals surface area (Å²) >= 11 is 0. The van der Waals surface area contributed by atoms with Gasteiger partial charge in [-0.1, -0.05) is 146 Å². The normalized spacial score (nSPS) is 12.8. The Bertz CT molecular complexity index is 1430. The minimum Gasteiger partial charge on any atom is -0.0682 e. The minimum absolute atomic E-state index is 0.935. The van der Waals surface area contributed by atoms with Crippen LogP contribution in [0.5, 0.6) is 0 Å². The fourth-order valence-electron chi connectivity index (χ4n) is 7.00. The van der Waals surface area contributed by atoms with Gasteiger partial charge in [0.2, 0.25) is 0 Å². The molecule has 0 saturated heterocycles. The molecule has 36 heavy (non-hydrogen) atoms. The van der Waals surface area contributed by atoms with Crippen molar-refractivity contribution in [2.45, 2.75) is 78.6 Å². The molecule has 0 fully saturated rings. The molecular formula is C30H48Si6. The highest BCUT2D eigenvalue weighted by atomic mass is 28.3. The van der Waals surface area contributed by atoms with Crippen LogP contribution >= 0.6 is 0 Å². The van der Waals surface area contributed by atoms with Gasteiger partial charge in [-0.2, -0.15) is 0 Å². The van der Waals surface area contributed by atoms with E-state index in [4.69, 9.17) is 0 Å². The Morgan fingerprint density at radius 2 is 0.722 bits per heavy atom. The van der Waals surface area contributed by atoms with E-state index >= 15 is 0 Å². The largest absolute Gasteiger partial charge is 0.0682 e. The monoisotopic (exact) mass is 576 g/mol. The Kier molecular flexibility index (Phi) is 8.25. The Labute approximate surface area is 230 Å². The van der Waals surface area contributed by atoms with Gasteiger partial charge in [-0.05, 0) is 32.3 Å². The molecule has 192 valence electrons. The molecule has 0 saturated carbocycles. The van der Waals surface area contributed by atoms with E-state index in [-0.39, 0.29) is 0 Å². The second kappa shape index (κ2) is 10.6. The zero-order chi connectivity index (χ0) is 26.6. The second-order valence-corrected chi connectivity index (χ2v) is 30.2. The predicted molar refractivity (Wildman–Crippen MR) is 190 cm³/mol. The number of rotatable bonds is 6. The highest BCUT2D eigenvalue weighted by Crippen LogP contribution is 2.33. The lowest BCUT2D eigenvalue weighted by Gasteiger charge is -2.32. The van der Waals surface area contributed by atoms with E-state index in [1.54, 1.807) is 32.1 Å². The van der Waals surface area contributed by atoms with Crippen molar-refractivity contribution < 1.29 is 0 Å². The summed E-state index contributed by atoms with van der Waals surface area (Å²) in [4.78, 5) is 0.